The highest BCUT2D eigenvalue weighted by molar-refractivity contribution is 5.36. The van der Waals surface area contributed by atoms with Crippen LogP contribution in [0.5, 0.6) is 17.4 Å². The van der Waals surface area contributed by atoms with Gasteiger partial charge in [-0.2, -0.15) is 0 Å². The number of hydrogen-bond donors (Lipinski definition) is 0. The second-order valence-corrected chi connectivity index (χ2v) is 8.32. The van der Waals surface area contributed by atoms with Crippen molar-refractivity contribution in [3.05, 3.63) is 41.3 Å². The van der Waals surface area contributed by atoms with E-state index in [1.165, 1.54) is 0 Å². The Labute approximate surface area is 181 Å². The summed E-state index contributed by atoms with van der Waals surface area (Å²) in [5, 5.41) is 0. The van der Waals surface area contributed by atoms with E-state index in [9.17, 15) is 0 Å². The second kappa shape index (κ2) is 9.65. The molecule has 2 atom stereocenters. The Bertz CT molecular complexity index is 837. The molecule has 0 amide bonds. The smallest absolute Gasteiger partial charge is 0.257 e. The molecule has 1 saturated heterocycles. The minimum Gasteiger partial charge on any atom is -0.493 e. The molecule has 2 aliphatic heterocycles. The summed E-state index contributed by atoms with van der Waals surface area (Å²) in [5.41, 5.74) is 3.13. The topological polar surface area (TPSA) is 56.7 Å². The fourth-order valence-electron chi connectivity index (χ4n) is 4.01. The molecule has 0 radical (unpaired) electrons. The van der Waals surface area contributed by atoms with Gasteiger partial charge in [0.2, 0.25) is 0 Å². The molecule has 0 spiro atoms. The molecular weight excluding hydrogens is 378 g/mol. The lowest BCUT2D eigenvalue weighted by Gasteiger charge is -2.28. The van der Waals surface area contributed by atoms with E-state index in [0.717, 1.165) is 48.1 Å². The zero-order chi connectivity index (χ0) is 19.7. The zero-order valence-corrected chi connectivity index (χ0v) is 17.2. The lowest BCUT2D eigenvalue weighted by atomic mass is 9.91. The molecule has 6 nitrogen and oxygen atoms in total. The largest absolute Gasteiger partial charge is 0.493 e. The van der Waals surface area contributed by atoms with Gasteiger partial charge in [0, 0.05) is 41.5 Å². The van der Waals surface area contributed by atoms with Gasteiger partial charge in [-0.05, 0) is 45.9 Å². The summed E-state index contributed by atoms with van der Waals surface area (Å²) in [7, 11) is 0. The standard InChI is InChI=1S/C22H29N3O3.2CH4/c1-15-11-18(12-16(2)23-15)28-14-22(4)7-8-25(13-22)17(3)19-5-6-20-21(24-19)27-10-9-26-20;;/h5-6,11-12,17H,7-10,13-14H2,1-4H3;2*1H4/t17-,22-;;/m1../s1. The highest BCUT2D eigenvalue weighted by Crippen LogP contribution is 2.37. The minimum atomic E-state index is 0. The summed E-state index contributed by atoms with van der Waals surface area (Å²) < 4.78 is 17.4. The molecule has 0 saturated carbocycles. The van der Waals surface area contributed by atoms with Gasteiger partial charge in [0.05, 0.1) is 12.3 Å². The Hall–Kier alpha value is -2.34. The number of likely N-dealkylation sites (tertiary alicyclic amines) is 1. The number of aromatic nitrogens is 2. The third-order valence-corrected chi connectivity index (χ3v) is 5.63. The van der Waals surface area contributed by atoms with Gasteiger partial charge in [-0.15, -0.1) is 0 Å². The van der Waals surface area contributed by atoms with Gasteiger partial charge < -0.3 is 14.2 Å². The van der Waals surface area contributed by atoms with E-state index in [2.05, 4.69) is 23.7 Å². The maximum atomic E-state index is 6.14. The van der Waals surface area contributed by atoms with Crippen LogP contribution in [0.3, 0.4) is 0 Å². The van der Waals surface area contributed by atoms with Crippen molar-refractivity contribution in [2.24, 2.45) is 5.41 Å². The van der Waals surface area contributed by atoms with Crippen molar-refractivity contribution in [3.8, 4) is 17.4 Å². The summed E-state index contributed by atoms with van der Waals surface area (Å²) in [6, 6.07) is 8.26. The Balaban J connectivity index is 0.00000160. The van der Waals surface area contributed by atoms with Crippen molar-refractivity contribution in [2.75, 3.05) is 32.9 Å². The number of fused-ring (bicyclic) bond motifs is 1. The van der Waals surface area contributed by atoms with E-state index in [-0.39, 0.29) is 26.3 Å². The van der Waals surface area contributed by atoms with Gasteiger partial charge in [-0.1, -0.05) is 21.8 Å². The van der Waals surface area contributed by atoms with Gasteiger partial charge >= 0.3 is 0 Å². The monoisotopic (exact) mass is 415 g/mol. The molecule has 6 heteroatoms. The Morgan fingerprint density at radius 3 is 2.53 bits per heavy atom. The summed E-state index contributed by atoms with van der Waals surface area (Å²) in [4.78, 5) is 11.6. The molecule has 166 valence electrons. The first kappa shape index (κ1) is 23.9. The van der Waals surface area contributed by atoms with Gasteiger partial charge in [0.15, 0.2) is 5.75 Å². The number of ether oxygens (including phenoxy) is 3. The SMILES string of the molecule is C.C.Cc1cc(OC[C@]2(C)CCN([C@H](C)c3ccc4c(n3)OCCO4)C2)cc(C)n1. The van der Waals surface area contributed by atoms with E-state index in [1.54, 1.807) is 0 Å². The molecule has 0 N–H and O–H groups in total. The van der Waals surface area contributed by atoms with Crippen LogP contribution in [0.4, 0.5) is 0 Å². The maximum Gasteiger partial charge on any atom is 0.257 e. The van der Waals surface area contributed by atoms with Crippen LogP contribution in [0.2, 0.25) is 0 Å². The number of rotatable bonds is 5. The Morgan fingerprint density at radius 2 is 1.80 bits per heavy atom. The van der Waals surface area contributed by atoms with Crippen molar-refractivity contribution >= 4 is 0 Å². The normalized spacial score (nSPS) is 21.3. The molecule has 4 rings (SSSR count). The summed E-state index contributed by atoms with van der Waals surface area (Å²) in [6.45, 7) is 12.4. The summed E-state index contributed by atoms with van der Waals surface area (Å²) in [5.74, 6) is 2.26. The summed E-state index contributed by atoms with van der Waals surface area (Å²) >= 11 is 0. The number of aryl methyl sites for hydroxylation is 2. The molecular formula is C24H37N3O3. The van der Waals surface area contributed by atoms with E-state index in [4.69, 9.17) is 19.2 Å². The van der Waals surface area contributed by atoms with Crippen LogP contribution >= 0.6 is 0 Å². The fraction of sp³-hybridized carbons (Fsp3) is 0.583. The highest BCUT2D eigenvalue weighted by atomic mass is 16.6. The molecule has 0 unspecified atom stereocenters. The third-order valence-electron chi connectivity index (χ3n) is 5.63. The zero-order valence-electron chi connectivity index (χ0n) is 17.2. The number of nitrogens with zero attached hydrogens (tertiary/aromatic N) is 3. The van der Waals surface area contributed by atoms with E-state index >= 15 is 0 Å². The van der Waals surface area contributed by atoms with E-state index < -0.39 is 0 Å². The number of hydrogen-bond acceptors (Lipinski definition) is 6. The molecule has 2 aromatic heterocycles. The van der Waals surface area contributed by atoms with Gasteiger partial charge in [-0.3, -0.25) is 9.88 Å². The van der Waals surface area contributed by atoms with Crippen LogP contribution in [0.15, 0.2) is 24.3 Å². The first-order valence-corrected chi connectivity index (χ1v) is 10.0. The predicted octanol–water partition coefficient (Wildman–Crippen LogP) is 4.99. The Morgan fingerprint density at radius 1 is 1.10 bits per heavy atom. The quantitative estimate of drug-likeness (QED) is 0.686. The minimum absolute atomic E-state index is 0. The van der Waals surface area contributed by atoms with Crippen LogP contribution in [-0.2, 0) is 0 Å². The van der Waals surface area contributed by atoms with Crippen LogP contribution in [-0.4, -0.2) is 47.8 Å². The maximum absolute atomic E-state index is 6.14. The average Bonchev–Trinajstić information content (AvgIpc) is 3.07. The first-order valence-electron chi connectivity index (χ1n) is 10.0. The average molecular weight is 416 g/mol. The molecule has 2 aliphatic rings. The van der Waals surface area contributed by atoms with Crippen molar-refractivity contribution in [3.63, 3.8) is 0 Å². The molecule has 0 aliphatic carbocycles. The lowest BCUT2D eigenvalue weighted by molar-refractivity contribution is 0.148. The van der Waals surface area contributed by atoms with Crippen LogP contribution in [0.25, 0.3) is 0 Å². The lowest BCUT2D eigenvalue weighted by Crippen LogP contribution is -2.32. The van der Waals surface area contributed by atoms with Gasteiger partial charge in [0.25, 0.3) is 5.88 Å². The van der Waals surface area contributed by atoms with Crippen LogP contribution < -0.4 is 14.2 Å². The molecule has 2 aromatic rings. The molecule has 30 heavy (non-hydrogen) atoms. The third kappa shape index (κ3) is 5.22. The van der Waals surface area contributed by atoms with Crippen LogP contribution in [0, 0.1) is 19.3 Å². The first-order chi connectivity index (χ1) is 13.4. The predicted molar refractivity (Wildman–Crippen MR) is 121 cm³/mol. The van der Waals surface area contributed by atoms with Crippen molar-refractivity contribution < 1.29 is 14.2 Å². The van der Waals surface area contributed by atoms with E-state index in [0.29, 0.717) is 25.7 Å². The molecule has 4 heterocycles. The molecule has 0 aromatic carbocycles. The number of pyridine rings is 2. The Kier molecular flexibility index (Phi) is 7.70. The van der Waals surface area contributed by atoms with Crippen molar-refractivity contribution in [2.45, 2.75) is 55.0 Å². The molecule has 0 bridgehead atoms. The van der Waals surface area contributed by atoms with Crippen LogP contribution in [0.1, 0.15) is 58.2 Å². The van der Waals surface area contributed by atoms with Crippen molar-refractivity contribution in [1.29, 1.82) is 0 Å². The highest BCUT2D eigenvalue weighted by Gasteiger charge is 2.37. The molecule has 1 fully saturated rings. The summed E-state index contributed by atoms with van der Waals surface area (Å²) in [6.07, 6.45) is 1.10. The van der Waals surface area contributed by atoms with Gasteiger partial charge in [-0.25, -0.2) is 4.98 Å². The van der Waals surface area contributed by atoms with Crippen molar-refractivity contribution in [1.82, 2.24) is 14.9 Å². The fourth-order valence-corrected chi connectivity index (χ4v) is 4.01. The second-order valence-electron chi connectivity index (χ2n) is 8.32. The van der Waals surface area contributed by atoms with E-state index in [1.807, 2.05) is 38.1 Å². The van der Waals surface area contributed by atoms with Gasteiger partial charge in [0.1, 0.15) is 19.0 Å².